The van der Waals surface area contributed by atoms with Crippen molar-refractivity contribution in [2.45, 2.75) is 31.6 Å². The maximum absolute atomic E-state index is 13.3. The average Bonchev–Trinajstić information content (AvgIpc) is 2.93. The molecule has 0 saturated carbocycles. The first-order valence-electron chi connectivity index (χ1n) is 9.49. The molecule has 1 aromatic heterocycles. The van der Waals surface area contributed by atoms with Crippen LogP contribution >= 0.6 is 15.9 Å². The fraction of sp³-hybridized carbons (Fsp3) is 0.286. The summed E-state index contributed by atoms with van der Waals surface area (Å²) in [5.41, 5.74) is 0.818. The molecule has 0 atom stereocenters. The lowest BCUT2D eigenvalue weighted by atomic mass is 10.1. The third kappa shape index (κ3) is 4.17. The topological polar surface area (TPSA) is 82.3 Å². The smallest absolute Gasteiger partial charge is 0.296 e. The van der Waals surface area contributed by atoms with Crippen LogP contribution in [-0.4, -0.2) is 24.4 Å². The zero-order chi connectivity index (χ0) is 22.1. The lowest BCUT2D eigenvalue weighted by Gasteiger charge is -2.15. The van der Waals surface area contributed by atoms with Crippen LogP contribution in [0.3, 0.4) is 0 Å². The summed E-state index contributed by atoms with van der Waals surface area (Å²) in [6, 6.07) is 13.8. The van der Waals surface area contributed by atoms with E-state index in [1.165, 1.54) is 10.7 Å². The standard InChI is InChI=1S/C21H24BrN3O4S/c1-5-29-17-12-11-15(22)13-18(17)30(27,28)23-19-20(14(2)3)24(4)25(21(19)26)16-9-7-6-8-10-16/h6-14,23H,5H2,1-4H3. The Kier molecular flexibility index (Phi) is 6.42. The highest BCUT2D eigenvalue weighted by atomic mass is 79.9. The van der Waals surface area contributed by atoms with Crippen molar-refractivity contribution in [3.05, 3.63) is 69.1 Å². The van der Waals surface area contributed by atoms with Gasteiger partial charge in [0.1, 0.15) is 16.3 Å². The minimum atomic E-state index is -4.08. The Hall–Kier alpha value is -2.52. The number of hydrogen-bond donors (Lipinski definition) is 1. The molecule has 2 aromatic carbocycles. The minimum Gasteiger partial charge on any atom is -0.492 e. The average molecular weight is 494 g/mol. The summed E-state index contributed by atoms with van der Waals surface area (Å²) in [5.74, 6) is 0.123. The lowest BCUT2D eigenvalue weighted by molar-refractivity contribution is 0.331. The van der Waals surface area contributed by atoms with E-state index in [-0.39, 0.29) is 22.3 Å². The molecule has 0 radical (unpaired) electrons. The highest BCUT2D eigenvalue weighted by molar-refractivity contribution is 9.10. The number of hydrogen-bond acceptors (Lipinski definition) is 4. The van der Waals surface area contributed by atoms with Gasteiger partial charge >= 0.3 is 0 Å². The molecule has 0 aliphatic rings. The van der Waals surface area contributed by atoms with Gasteiger partial charge in [0.15, 0.2) is 0 Å². The molecule has 0 amide bonds. The second-order valence-corrected chi connectivity index (χ2v) is 9.59. The summed E-state index contributed by atoms with van der Waals surface area (Å²) in [7, 11) is -2.34. The Bertz CT molecular complexity index is 1220. The number of para-hydroxylation sites is 1. The van der Waals surface area contributed by atoms with Gasteiger partial charge in [-0.3, -0.25) is 14.2 Å². The zero-order valence-corrected chi connectivity index (χ0v) is 19.6. The van der Waals surface area contributed by atoms with E-state index in [4.69, 9.17) is 4.74 Å². The van der Waals surface area contributed by atoms with E-state index in [1.54, 1.807) is 42.9 Å². The van der Waals surface area contributed by atoms with Crippen molar-refractivity contribution in [1.82, 2.24) is 9.36 Å². The Labute approximate surface area is 184 Å². The van der Waals surface area contributed by atoms with Crippen LogP contribution in [0.1, 0.15) is 32.4 Å². The third-order valence-electron chi connectivity index (χ3n) is 4.59. The van der Waals surface area contributed by atoms with Gasteiger partial charge in [0.05, 0.1) is 18.0 Å². The van der Waals surface area contributed by atoms with Gasteiger partial charge in [-0.1, -0.05) is 48.0 Å². The number of halogens is 1. The monoisotopic (exact) mass is 493 g/mol. The number of sulfonamides is 1. The molecule has 9 heteroatoms. The van der Waals surface area contributed by atoms with Crippen LogP contribution in [0.25, 0.3) is 5.69 Å². The molecule has 0 unspecified atom stereocenters. The number of nitrogens with one attached hydrogen (secondary N) is 1. The summed E-state index contributed by atoms with van der Waals surface area (Å²) in [6.07, 6.45) is 0. The number of anilines is 1. The van der Waals surface area contributed by atoms with Crippen molar-refractivity contribution in [3.63, 3.8) is 0 Å². The summed E-state index contributed by atoms with van der Waals surface area (Å²) in [5, 5.41) is 0. The Morgan fingerprint density at radius 2 is 1.80 bits per heavy atom. The summed E-state index contributed by atoms with van der Waals surface area (Å²) < 4.78 is 38.3. The number of aromatic nitrogens is 2. The molecule has 160 valence electrons. The molecular weight excluding hydrogens is 470 g/mol. The molecule has 0 aliphatic carbocycles. The van der Waals surface area contributed by atoms with Gasteiger partial charge in [-0.25, -0.2) is 13.1 Å². The van der Waals surface area contributed by atoms with Gasteiger partial charge in [-0.15, -0.1) is 0 Å². The Balaban J connectivity index is 2.18. The third-order valence-corrected chi connectivity index (χ3v) is 6.45. The quantitative estimate of drug-likeness (QED) is 0.532. The fourth-order valence-electron chi connectivity index (χ4n) is 3.40. The van der Waals surface area contributed by atoms with Crippen molar-refractivity contribution in [3.8, 4) is 11.4 Å². The molecular formula is C21H24BrN3O4S. The maximum Gasteiger partial charge on any atom is 0.296 e. The molecule has 0 saturated heterocycles. The van der Waals surface area contributed by atoms with E-state index in [0.29, 0.717) is 22.5 Å². The summed E-state index contributed by atoms with van der Waals surface area (Å²) in [6.45, 7) is 5.91. The van der Waals surface area contributed by atoms with Crippen LogP contribution in [0.5, 0.6) is 5.75 Å². The van der Waals surface area contributed by atoms with E-state index in [0.717, 1.165) is 0 Å². The maximum atomic E-state index is 13.3. The van der Waals surface area contributed by atoms with Crippen molar-refractivity contribution in [2.24, 2.45) is 7.05 Å². The zero-order valence-electron chi connectivity index (χ0n) is 17.2. The van der Waals surface area contributed by atoms with Crippen molar-refractivity contribution in [2.75, 3.05) is 11.3 Å². The normalized spacial score (nSPS) is 11.7. The van der Waals surface area contributed by atoms with E-state index < -0.39 is 15.6 Å². The minimum absolute atomic E-state index is 0.0266. The predicted molar refractivity (Wildman–Crippen MR) is 121 cm³/mol. The number of ether oxygens (including phenoxy) is 1. The Morgan fingerprint density at radius 3 is 2.40 bits per heavy atom. The molecule has 3 aromatic rings. The van der Waals surface area contributed by atoms with Crippen LogP contribution in [0.2, 0.25) is 0 Å². The first-order valence-corrected chi connectivity index (χ1v) is 11.8. The van der Waals surface area contributed by atoms with Gasteiger partial charge in [-0.2, -0.15) is 0 Å². The first-order chi connectivity index (χ1) is 14.2. The fourth-order valence-corrected chi connectivity index (χ4v) is 5.15. The molecule has 0 bridgehead atoms. The molecule has 30 heavy (non-hydrogen) atoms. The molecule has 0 spiro atoms. The van der Waals surface area contributed by atoms with Crippen LogP contribution in [0.15, 0.2) is 62.7 Å². The second-order valence-electron chi connectivity index (χ2n) is 7.02. The summed E-state index contributed by atoms with van der Waals surface area (Å²) >= 11 is 3.31. The summed E-state index contributed by atoms with van der Waals surface area (Å²) in [4.78, 5) is 13.2. The molecule has 7 nitrogen and oxygen atoms in total. The number of benzene rings is 2. The van der Waals surface area contributed by atoms with Gasteiger partial charge < -0.3 is 4.74 Å². The number of rotatable bonds is 7. The van der Waals surface area contributed by atoms with Gasteiger partial charge in [0.2, 0.25) is 0 Å². The van der Waals surface area contributed by atoms with Crippen LogP contribution in [0.4, 0.5) is 5.69 Å². The highest BCUT2D eigenvalue weighted by Crippen LogP contribution is 2.31. The van der Waals surface area contributed by atoms with E-state index in [9.17, 15) is 13.2 Å². The highest BCUT2D eigenvalue weighted by Gasteiger charge is 2.28. The largest absolute Gasteiger partial charge is 0.492 e. The van der Waals surface area contributed by atoms with E-state index in [1.807, 2.05) is 32.0 Å². The van der Waals surface area contributed by atoms with Gasteiger partial charge in [0.25, 0.3) is 15.6 Å². The van der Waals surface area contributed by atoms with Crippen molar-refractivity contribution < 1.29 is 13.2 Å². The van der Waals surface area contributed by atoms with E-state index in [2.05, 4.69) is 20.7 Å². The van der Waals surface area contributed by atoms with Crippen LogP contribution < -0.4 is 15.0 Å². The molecule has 0 aliphatic heterocycles. The first kappa shape index (κ1) is 22.2. The van der Waals surface area contributed by atoms with Crippen molar-refractivity contribution >= 4 is 31.6 Å². The van der Waals surface area contributed by atoms with Crippen LogP contribution in [-0.2, 0) is 17.1 Å². The van der Waals surface area contributed by atoms with Crippen molar-refractivity contribution in [1.29, 1.82) is 0 Å². The molecule has 1 N–H and O–H groups in total. The van der Waals surface area contributed by atoms with E-state index >= 15 is 0 Å². The predicted octanol–water partition coefficient (Wildman–Crippen LogP) is 4.26. The second kappa shape index (κ2) is 8.69. The van der Waals surface area contributed by atoms with Crippen LogP contribution in [0, 0.1) is 0 Å². The number of nitrogens with zero attached hydrogens (tertiary/aromatic N) is 2. The Morgan fingerprint density at radius 1 is 1.13 bits per heavy atom. The SMILES string of the molecule is CCOc1ccc(Br)cc1S(=O)(=O)Nc1c(C(C)C)n(C)n(-c2ccccc2)c1=O. The van der Waals surface area contributed by atoms with Gasteiger partial charge in [0, 0.05) is 11.5 Å². The molecule has 3 rings (SSSR count). The molecule has 0 fully saturated rings. The lowest BCUT2D eigenvalue weighted by Crippen LogP contribution is -2.23. The van der Waals surface area contributed by atoms with Gasteiger partial charge in [-0.05, 0) is 43.2 Å². The molecule has 1 heterocycles.